The molecule has 9 heteroatoms. The summed E-state index contributed by atoms with van der Waals surface area (Å²) in [5.41, 5.74) is -0.211. The fourth-order valence-corrected chi connectivity index (χ4v) is 1.96. The van der Waals surface area contributed by atoms with E-state index in [1.165, 1.54) is 12.2 Å². The van der Waals surface area contributed by atoms with Gasteiger partial charge in [-0.1, -0.05) is 0 Å². The molecule has 2 aromatic rings. The second-order valence-corrected chi connectivity index (χ2v) is 5.09. The molecule has 1 heterocycles. The van der Waals surface area contributed by atoms with Crippen molar-refractivity contribution in [2.45, 2.75) is 6.92 Å². The van der Waals surface area contributed by atoms with Gasteiger partial charge in [0.15, 0.2) is 5.11 Å². The predicted molar refractivity (Wildman–Crippen MR) is 91.6 cm³/mol. The predicted octanol–water partition coefficient (Wildman–Crippen LogP) is 2.73. The number of nitro groups is 1. The lowest BCUT2D eigenvalue weighted by Gasteiger charge is -2.09. The molecule has 24 heavy (non-hydrogen) atoms. The molecule has 0 aliphatic heterocycles. The first-order valence-corrected chi connectivity index (χ1v) is 7.10. The van der Waals surface area contributed by atoms with Crippen molar-refractivity contribution in [2.24, 2.45) is 0 Å². The molecule has 0 saturated heterocycles. The Balaban J connectivity index is 1.97. The van der Waals surface area contributed by atoms with E-state index in [-0.39, 0.29) is 22.2 Å². The second kappa shape index (κ2) is 7.38. The van der Waals surface area contributed by atoms with Gasteiger partial charge >= 0.3 is 0 Å². The zero-order valence-electron chi connectivity index (χ0n) is 12.5. The van der Waals surface area contributed by atoms with Gasteiger partial charge in [-0.15, -0.1) is 0 Å². The molecule has 2 rings (SSSR count). The Hall–Kier alpha value is -3.20. The molecule has 8 nitrogen and oxygen atoms in total. The number of hydrogen-bond acceptors (Lipinski definition) is 6. The zero-order chi connectivity index (χ0) is 17.7. The van der Waals surface area contributed by atoms with Gasteiger partial charge in [-0.2, -0.15) is 0 Å². The smallest absolute Gasteiger partial charge is 0.271 e. The fraction of sp³-hybridized carbons (Fsp3) is 0.0667. The van der Waals surface area contributed by atoms with Crippen molar-refractivity contribution in [3.8, 4) is 5.75 Å². The molecule has 0 radical (unpaired) electrons. The highest BCUT2D eigenvalue weighted by Gasteiger charge is 2.12. The molecule has 0 spiro atoms. The number of nitrogens with zero attached hydrogens (tertiary/aromatic N) is 1. The summed E-state index contributed by atoms with van der Waals surface area (Å²) in [6.45, 7) is 1.78. The van der Waals surface area contributed by atoms with E-state index in [0.717, 1.165) is 18.2 Å². The van der Waals surface area contributed by atoms with Gasteiger partial charge in [-0.05, 0) is 43.4 Å². The quantitative estimate of drug-likeness (QED) is 0.256. The molecule has 0 saturated carbocycles. The molecule has 0 fully saturated rings. The van der Waals surface area contributed by atoms with Gasteiger partial charge in [-0.3, -0.25) is 20.2 Å². The number of thiocarbonyl (C=S) groups is 1. The van der Waals surface area contributed by atoms with E-state index >= 15 is 0 Å². The van der Waals surface area contributed by atoms with Crippen molar-refractivity contribution >= 4 is 40.7 Å². The third-order valence-corrected chi connectivity index (χ3v) is 3.04. The summed E-state index contributed by atoms with van der Waals surface area (Å²) in [5.74, 6) is 0.469. The summed E-state index contributed by atoms with van der Waals surface area (Å²) in [5, 5.41) is 25.2. The lowest BCUT2D eigenvalue weighted by atomic mass is 10.2. The Kier molecular flexibility index (Phi) is 5.27. The molecule has 124 valence electrons. The Morgan fingerprint density at radius 3 is 2.75 bits per heavy atom. The van der Waals surface area contributed by atoms with Crippen LogP contribution in [0.3, 0.4) is 0 Å². The average molecular weight is 347 g/mol. The number of aryl methyl sites for hydroxylation is 1. The van der Waals surface area contributed by atoms with E-state index in [4.69, 9.17) is 16.6 Å². The standard InChI is InChI=1S/C15H13N3O5S/c1-9-2-4-11(23-9)5-7-14(20)17-15(24)16-12-8-10(18(21)22)3-6-13(12)19/h2-8,19H,1H3,(H2,16,17,20,24). The highest BCUT2D eigenvalue weighted by atomic mass is 32.1. The van der Waals surface area contributed by atoms with Crippen LogP contribution in [0.25, 0.3) is 6.08 Å². The first kappa shape index (κ1) is 17.2. The molecule has 1 aromatic carbocycles. The van der Waals surface area contributed by atoms with E-state index in [0.29, 0.717) is 11.5 Å². The van der Waals surface area contributed by atoms with E-state index in [1.807, 2.05) is 0 Å². The molecule has 0 unspecified atom stereocenters. The number of nitro benzene ring substituents is 1. The van der Waals surface area contributed by atoms with Gasteiger partial charge in [-0.25, -0.2) is 0 Å². The molecule has 3 N–H and O–H groups in total. The second-order valence-electron chi connectivity index (χ2n) is 4.68. The molecule has 0 atom stereocenters. The van der Waals surface area contributed by atoms with Crippen molar-refractivity contribution in [2.75, 3.05) is 5.32 Å². The van der Waals surface area contributed by atoms with Crippen LogP contribution in [0.5, 0.6) is 5.75 Å². The maximum Gasteiger partial charge on any atom is 0.271 e. The molecular weight excluding hydrogens is 334 g/mol. The first-order valence-electron chi connectivity index (χ1n) is 6.69. The SMILES string of the molecule is Cc1ccc(C=CC(=O)NC(=S)Nc2cc([N+](=O)[O-])ccc2O)o1. The van der Waals surface area contributed by atoms with E-state index < -0.39 is 10.8 Å². The maximum atomic E-state index is 11.7. The number of benzene rings is 1. The fourth-order valence-electron chi connectivity index (χ4n) is 1.75. The number of rotatable bonds is 4. The van der Waals surface area contributed by atoms with Gasteiger partial charge in [0, 0.05) is 18.2 Å². The van der Waals surface area contributed by atoms with Crippen molar-refractivity contribution < 1.29 is 19.2 Å². The highest BCUT2D eigenvalue weighted by Crippen LogP contribution is 2.27. The lowest BCUT2D eigenvalue weighted by Crippen LogP contribution is -2.32. The number of nitrogens with one attached hydrogen (secondary N) is 2. The molecule has 1 aromatic heterocycles. The first-order chi connectivity index (χ1) is 11.3. The van der Waals surface area contributed by atoms with Crippen LogP contribution in [0.4, 0.5) is 11.4 Å². The minimum absolute atomic E-state index is 0.0140. The maximum absolute atomic E-state index is 11.7. The number of hydrogen-bond donors (Lipinski definition) is 3. The molecule has 0 aliphatic carbocycles. The van der Waals surface area contributed by atoms with Gasteiger partial charge in [0.2, 0.25) is 5.91 Å². The van der Waals surface area contributed by atoms with Crippen LogP contribution in [0.2, 0.25) is 0 Å². The summed E-state index contributed by atoms with van der Waals surface area (Å²) in [6.07, 6.45) is 2.69. The van der Waals surface area contributed by atoms with Gasteiger partial charge < -0.3 is 14.8 Å². The monoisotopic (exact) mass is 347 g/mol. The summed E-state index contributed by atoms with van der Waals surface area (Å²) in [7, 11) is 0. The number of phenols is 1. The van der Waals surface area contributed by atoms with Crippen LogP contribution < -0.4 is 10.6 Å². The van der Waals surface area contributed by atoms with Crippen molar-refractivity contribution in [3.05, 3.63) is 58.0 Å². The Morgan fingerprint density at radius 1 is 1.38 bits per heavy atom. The van der Waals surface area contributed by atoms with Gasteiger partial charge in [0.1, 0.15) is 17.3 Å². The molecule has 0 aliphatic rings. The van der Waals surface area contributed by atoms with Crippen LogP contribution in [0.1, 0.15) is 11.5 Å². The summed E-state index contributed by atoms with van der Waals surface area (Å²) < 4.78 is 5.27. The largest absolute Gasteiger partial charge is 0.506 e. The van der Waals surface area contributed by atoms with Crippen LogP contribution >= 0.6 is 12.2 Å². The minimum Gasteiger partial charge on any atom is -0.506 e. The average Bonchev–Trinajstić information content (AvgIpc) is 2.92. The van der Waals surface area contributed by atoms with Gasteiger partial charge in [0.25, 0.3) is 5.69 Å². The normalized spacial score (nSPS) is 10.5. The number of non-ortho nitro benzene ring substituents is 1. The van der Waals surface area contributed by atoms with Crippen molar-refractivity contribution in [3.63, 3.8) is 0 Å². The lowest BCUT2D eigenvalue weighted by molar-refractivity contribution is -0.384. The number of carbonyl (C=O) groups is 1. The van der Waals surface area contributed by atoms with E-state index in [9.17, 15) is 20.0 Å². The molecule has 1 amide bonds. The van der Waals surface area contributed by atoms with Crippen molar-refractivity contribution in [1.82, 2.24) is 5.32 Å². The van der Waals surface area contributed by atoms with E-state index in [2.05, 4.69) is 10.6 Å². The summed E-state index contributed by atoms with van der Waals surface area (Å²) in [6, 6.07) is 6.88. The number of phenolic OH excluding ortho intramolecular Hbond substituents is 1. The molecule has 0 bridgehead atoms. The highest BCUT2D eigenvalue weighted by molar-refractivity contribution is 7.80. The topological polar surface area (TPSA) is 118 Å². The van der Waals surface area contributed by atoms with E-state index in [1.54, 1.807) is 19.1 Å². The summed E-state index contributed by atoms with van der Waals surface area (Å²) in [4.78, 5) is 21.9. The number of furan rings is 1. The van der Waals surface area contributed by atoms with Crippen molar-refractivity contribution in [1.29, 1.82) is 0 Å². The Labute approximate surface area is 141 Å². The molecular formula is C15H13N3O5S. The zero-order valence-corrected chi connectivity index (χ0v) is 13.3. The Morgan fingerprint density at radius 2 is 2.12 bits per heavy atom. The van der Waals surface area contributed by atoms with Crippen LogP contribution in [0, 0.1) is 17.0 Å². The third-order valence-electron chi connectivity index (χ3n) is 2.84. The van der Waals surface area contributed by atoms with Crippen LogP contribution in [-0.4, -0.2) is 21.0 Å². The number of carbonyl (C=O) groups excluding carboxylic acids is 1. The number of anilines is 1. The van der Waals surface area contributed by atoms with Crippen LogP contribution in [-0.2, 0) is 4.79 Å². The van der Waals surface area contributed by atoms with Gasteiger partial charge in [0.05, 0.1) is 10.6 Å². The third kappa shape index (κ3) is 4.65. The summed E-state index contributed by atoms with van der Waals surface area (Å²) >= 11 is 4.93. The Bertz CT molecular complexity index is 828. The minimum atomic E-state index is -0.611. The van der Waals surface area contributed by atoms with Crippen LogP contribution in [0.15, 0.2) is 40.8 Å². The number of aromatic hydroxyl groups is 1. The number of amides is 1.